The summed E-state index contributed by atoms with van der Waals surface area (Å²) >= 11 is 0. The first kappa shape index (κ1) is 14.1. The average molecular weight is 243 g/mol. The minimum atomic E-state index is -0.602. The smallest absolute Gasteiger partial charge is 0.258 e. The number of nitrogens with two attached hydrogens (primary N) is 1. The zero-order valence-electron chi connectivity index (χ0n) is 10.9. The summed E-state index contributed by atoms with van der Waals surface area (Å²) < 4.78 is 15.7. The molecular weight excluding hydrogens is 222 g/mol. The lowest BCUT2D eigenvalue weighted by molar-refractivity contribution is -0.00786. The summed E-state index contributed by atoms with van der Waals surface area (Å²) in [6.07, 6.45) is 0.959. The van der Waals surface area contributed by atoms with Gasteiger partial charge in [-0.2, -0.15) is 4.98 Å². The van der Waals surface area contributed by atoms with Crippen molar-refractivity contribution in [2.45, 2.75) is 38.8 Å². The molecule has 0 aliphatic rings. The van der Waals surface area contributed by atoms with Gasteiger partial charge in [0, 0.05) is 13.7 Å². The first-order valence-electron chi connectivity index (χ1n) is 5.73. The van der Waals surface area contributed by atoms with E-state index >= 15 is 0 Å². The lowest BCUT2D eigenvalue weighted by Crippen LogP contribution is -2.22. The van der Waals surface area contributed by atoms with Gasteiger partial charge in [0.1, 0.15) is 5.60 Å². The molecule has 1 rings (SSSR count). The van der Waals surface area contributed by atoms with Gasteiger partial charge in [0.05, 0.1) is 12.6 Å². The van der Waals surface area contributed by atoms with Crippen LogP contribution in [0.25, 0.3) is 0 Å². The molecule has 2 N–H and O–H groups in total. The second-order valence-electron chi connectivity index (χ2n) is 4.35. The Morgan fingerprint density at radius 1 is 1.47 bits per heavy atom. The first-order valence-corrected chi connectivity index (χ1v) is 5.73. The summed E-state index contributed by atoms with van der Waals surface area (Å²) in [6.45, 7) is 6.81. The van der Waals surface area contributed by atoms with Crippen LogP contribution in [0.15, 0.2) is 4.52 Å². The minimum Gasteiger partial charge on any atom is -0.379 e. The fourth-order valence-electron chi connectivity index (χ4n) is 1.15. The summed E-state index contributed by atoms with van der Waals surface area (Å²) in [4.78, 5) is 4.22. The lowest BCUT2D eigenvalue weighted by atomic mass is 10.1. The van der Waals surface area contributed by atoms with Crippen molar-refractivity contribution in [1.29, 1.82) is 0 Å². The second kappa shape index (κ2) is 6.09. The Morgan fingerprint density at radius 2 is 2.18 bits per heavy atom. The SMILES string of the molecule is CCCOCC(N)c1noc(C(C)(C)OC)n1. The maximum atomic E-state index is 5.88. The van der Waals surface area contributed by atoms with Crippen LogP contribution < -0.4 is 5.73 Å². The molecule has 6 heteroatoms. The van der Waals surface area contributed by atoms with Crippen molar-refractivity contribution >= 4 is 0 Å². The van der Waals surface area contributed by atoms with Crippen LogP contribution in [-0.2, 0) is 15.1 Å². The third kappa shape index (κ3) is 3.76. The third-order valence-corrected chi connectivity index (χ3v) is 2.44. The number of hydrogen-bond donors (Lipinski definition) is 1. The molecule has 0 aromatic carbocycles. The van der Waals surface area contributed by atoms with Crippen LogP contribution in [0.3, 0.4) is 0 Å². The van der Waals surface area contributed by atoms with E-state index in [4.69, 9.17) is 19.7 Å². The largest absolute Gasteiger partial charge is 0.379 e. The molecule has 1 aromatic rings. The van der Waals surface area contributed by atoms with Gasteiger partial charge in [0.2, 0.25) is 0 Å². The van der Waals surface area contributed by atoms with E-state index in [9.17, 15) is 0 Å². The molecule has 0 radical (unpaired) electrons. The maximum Gasteiger partial charge on any atom is 0.258 e. The van der Waals surface area contributed by atoms with Crippen LogP contribution in [0.2, 0.25) is 0 Å². The van der Waals surface area contributed by atoms with Gasteiger partial charge >= 0.3 is 0 Å². The molecule has 0 aliphatic heterocycles. The van der Waals surface area contributed by atoms with Gasteiger partial charge in [-0.05, 0) is 20.3 Å². The van der Waals surface area contributed by atoms with E-state index in [1.165, 1.54) is 0 Å². The van der Waals surface area contributed by atoms with Crippen LogP contribution in [0.5, 0.6) is 0 Å². The first-order chi connectivity index (χ1) is 8.01. The molecule has 0 saturated heterocycles. The molecular formula is C11H21N3O3. The standard InChI is InChI=1S/C11H21N3O3/c1-5-6-16-7-8(12)9-13-10(17-14-9)11(2,3)15-4/h8H,5-7,12H2,1-4H3. The molecule has 6 nitrogen and oxygen atoms in total. The van der Waals surface area contributed by atoms with Gasteiger partial charge in [0.15, 0.2) is 5.82 Å². The number of rotatable bonds is 7. The summed E-state index contributed by atoms with van der Waals surface area (Å²) in [5.74, 6) is 0.863. The second-order valence-corrected chi connectivity index (χ2v) is 4.35. The van der Waals surface area contributed by atoms with Crippen molar-refractivity contribution in [2.75, 3.05) is 20.3 Å². The van der Waals surface area contributed by atoms with Crippen LogP contribution in [-0.4, -0.2) is 30.5 Å². The number of ether oxygens (including phenoxy) is 2. The maximum absolute atomic E-state index is 5.88. The van der Waals surface area contributed by atoms with E-state index in [1.807, 2.05) is 20.8 Å². The molecule has 0 fully saturated rings. The molecule has 0 bridgehead atoms. The number of aromatic nitrogens is 2. The van der Waals surface area contributed by atoms with Gasteiger partial charge < -0.3 is 19.7 Å². The Balaban J connectivity index is 2.61. The fraction of sp³-hybridized carbons (Fsp3) is 0.818. The number of methoxy groups -OCH3 is 1. The van der Waals surface area contributed by atoms with E-state index in [1.54, 1.807) is 7.11 Å². The molecule has 0 spiro atoms. The Morgan fingerprint density at radius 3 is 2.76 bits per heavy atom. The average Bonchev–Trinajstić information content (AvgIpc) is 2.79. The summed E-state index contributed by atoms with van der Waals surface area (Å²) in [5, 5.41) is 3.84. The third-order valence-electron chi connectivity index (χ3n) is 2.44. The van der Waals surface area contributed by atoms with Crippen LogP contribution in [0, 0.1) is 0 Å². The Kier molecular flexibility index (Phi) is 5.04. The topological polar surface area (TPSA) is 83.4 Å². The summed E-state index contributed by atoms with van der Waals surface area (Å²) in [6, 6.07) is -0.369. The summed E-state index contributed by atoms with van der Waals surface area (Å²) in [5.41, 5.74) is 5.28. The normalized spacial score (nSPS) is 13.9. The highest BCUT2D eigenvalue weighted by Gasteiger charge is 2.28. The molecule has 98 valence electrons. The van der Waals surface area contributed by atoms with Crippen LogP contribution >= 0.6 is 0 Å². The fourth-order valence-corrected chi connectivity index (χ4v) is 1.15. The zero-order valence-corrected chi connectivity index (χ0v) is 10.9. The molecule has 17 heavy (non-hydrogen) atoms. The highest BCUT2D eigenvalue weighted by atomic mass is 16.5. The quantitative estimate of drug-likeness (QED) is 0.728. The molecule has 1 unspecified atom stereocenters. The monoisotopic (exact) mass is 243 g/mol. The van der Waals surface area contributed by atoms with Gasteiger partial charge in [-0.25, -0.2) is 0 Å². The molecule has 0 amide bonds. The molecule has 1 heterocycles. The summed E-state index contributed by atoms with van der Waals surface area (Å²) in [7, 11) is 1.59. The Bertz CT molecular complexity index is 338. The molecule has 0 saturated carbocycles. The Hall–Kier alpha value is -0.980. The van der Waals surface area contributed by atoms with E-state index in [0.29, 0.717) is 24.9 Å². The van der Waals surface area contributed by atoms with E-state index in [-0.39, 0.29) is 6.04 Å². The Labute approximate surface area is 101 Å². The van der Waals surface area contributed by atoms with Gasteiger partial charge in [0.25, 0.3) is 5.89 Å². The highest BCUT2D eigenvalue weighted by molar-refractivity contribution is 4.98. The van der Waals surface area contributed by atoms with Crippen molar-refractivity contribution in [2.24, 2.45) is 5.73 Å². The van der Waals surface area contributed by atoms with Crippen molar-refractivity contribution < 1.29 is 14.0 Å². The van der Waals surface area contributed by atoms with Crippen molar-refractivity contribution in [3.05, 3.63) is 11.7 Å². The van der Waals surface area contributed by atoms with Gasteiger partial charge in [-0.1, -0.05) is 12.1 Å². The van der Waals surface area contributed by atoms with E-state index in [2.05, 4.69) is 10.1 Å². The highest BCUT2D eigenvalue weighted by Crippen LogP contribution is 2.22. The molecule has 1 aromatic heterocycles. The van der Waals surface area contributed by atoms with Crippen molar-refractivity contribution in [3.8, 4) is 0 Å². The zero-order chi connectivity index (χ0) is 12.9. The lowest BCUT2D eigenvalue weighted by Gasteiger charge is -2.16. The van der Waals surface area contributed by atoms with E-state index < -0.39 is 5.60 Å². The number of nitrogens with zero attached hydrogens (tertiary/aromatic N) is 2. The van der Waals surface area contributed by atoms with E-state index in [0.717, 1.165) is 6.42 Å². The number of hydrogen-bond acceptors (Lipinski definition) is 6. The molecule has 0 aliphatic carbocycles. The van der Waals surface area contributed by atoms with Crippen molar-refractivity contribution in [3.63, 3.8) is 0 Å². The van der Waals surface area contributed by atoms with Crippen LogP contribution in [0.1, 0.15) is 44.9 Å². The molecule has 1 atom stereocenters. The van der Waals surface area contributed by atoms with Crippen LogP contribution in [0.4, 0.5) is 0 Å². The van der Waals surface area contributed by atoms with Gasteiger partial charge in [-0.15, -0.1) is 0 Å². The van der Waals surface area contributed by atoms with Crippen molar-refractivity contribution in [1.82, 2.24) is 10.1 Å². The predicted molar refractivity (Wildman–Crippen MR) is 62.4 cm³/mol. The van der Waals surface area contributed by atoms with Gasteiger partial charge in [-0.3, -0.25) is 0 Å². The minimum absolute atomic E-state index is 0.369. The predicted octanol–water partition coefficient (Wildman–Crippen LogP) is 1.38.